The molecule has 0 atom stereocenters. The maximum absolute atomic E-state index is 13.1. The molecule has 0 spiro atoms. The summed E-state index contributed by atoms with van der Waals surface area (Å²) in [5, 5.41) is 3.47. The molecule has 2 aromatic carbocycles. The Bertz CT molecular complexity index is 572. The second-order valence-corrected chi connectivity index (χ2v) is 5.27. The molecule has 4 heteroatoms. The van der Waals surface area contributed by atoms with Crippen molar-refractivity contribution in [1.29, 1.82) is 0 Å². The van der Waals surface area contributed by atoms with Gasteiger partial charge in [0.15, 0.2) is 0 Å². The van der Waals surface area contributed by atoms with E-state index >= 15 is 0 Å². The molecule has 0 bridgehead atoms. The minimum absolute atomic E-state index is 0.119. The highest BCUT2D eigenvalue weighted by Gasteiger charge is 2.02. The van der Waals surface area contributed by atoms with Crippen molar-refractivity contribution >= 4 is 11.6 Å². The molecule has 1 N–H and O–H groups in total. The summed E-state index contributed by atoms with van der Waals surface area (Å²) in [4.78, 5) is 0. The van der Waals surface area contributed by atoms with E-state index in [0.29, 0.717) is 6.61 Å². The number of hydrogen-bond acceptors (Lipinski definition) is 2. The standard InChI is InChI=1S/C17H19ClFNO/c1-2-9-20-11-13-3-6-15(7-4-13)21-12-14-5-8-17(19)16(18)10-14/h3-8,10,20H,2,9,11-12H2,1H3. The summed E-state index contributed by atoms with van der Waals surface area (Å²) in [6.45, 7) is 4.39. The number of benzene rings is 2. The number of ether oxygens (including phenoxy) is 1. The van der Waals surface area contributed by atoms with Gasteiger partial charge in [-0.2, -0.15) is 0 Å². The smallest absolute Gasteiger partial charge is 0.141 e. The highest BCUT2D eigenvalue weighted by Crippen LogP contribution is 2.18. The molecule has 0 aliphatic heterocycles. The summed E-state index contributed by atoms with van der Waals surface area (Å²) in [6, 6.07) is 12.6. The molecule has 112 valence electrons. The first kappa shape index (κ1) is 15.8. The Kier molecular flexibility index (Phi) is 6.03. The van der Waals surface area contributed by atoms with Crippen molar-refractivity contribution in [2.45, 2.75) is 26.5 Å². The molecule has 0 heterocycles. The Hall–Kier alpha value is -1.58. The lowest BCUT2D eigenvalue weighted by Crippen LogP contribution is -2.13. The van der Waals surface area contributed by atoms with E-state index in [1.54, 1.807) is 12.1 Å². The Labute approximate surface area is 129 Å². The molecule has 0 fully saturated rings. The Morgan fingerprint density at radius 1 is 1.10 bits per heavy atom. The van der Waals surface area contributed by atoms with Gasteiger partial charge in [0.25, 0.3) is 0 Å². The summed E-state index contributed by atoms with van der Waals surface area (Å²) < 4.78 is 18.7. The van der Waals surface area contributed by atoms with Crippen LogP contribution in [0, 0.1) is 5.82 Å². The topological polar surface area (TPSA) is 21.3 Å². The fourth-order valence-electron chi connectivity index (χ4n) is 1.91. The number of hydrogen-bond donors (Lipinski definition) is 1. The molecule has 2 nitrogen and oxygen atoms in total. The molecule has 2 rings (SSSR count). The van der Waals surface area contributed by atoms with Gasteiger partial charge in [-0.15, -0.1) is 0 Å². The van der Waals surface area contributed by atoms with Crippen LogP contribution in [0.2, 0.25) is 5.02 Å². The Morgan fingerprint density at radius 3 is 2.48 bits per heavy atom. The van der Waals surface area contributed by atoms with Crippen LogP contribution in [0.25, 0.3) is 0 Å². The first-order chi connectivity index (χ1) is 10.2. The van der Waals surface area contributed by atoms with Gasteiger partial charge in [-0.25, -0.2) is 4.39 Å². The summed E-state index contributed by atoms with van der Waals surface area (Å²) in [5.41, 5.74) is 2.07. The van der Waals surface area contributed by atoms with Gasteiger partial charge in [0, 0.05) is 6.54 Å². The predicted molar refractivity (Wildman–Crippen MR) is 84.2 cm³/mol. The van der Waals surface area contributed by atoms with Gasteiger partial charge in [0.1, 0.15) is 18.2 Å². The molecule has 2 aromatic rings. The SMILES string of the molecule is CCCNCc1ccc(OCc2ccc(F)c(Cl)c2)cc1. The third kappa shape index (κ3) is 5.03. The predicted octanol–water partition coefficient (Wildman–Crippen LogP) is 4.56. The van der Waals surface area contributed by atoms with E-state index in [9.17, 15) is 4.39 Å². The van der Waals surface area contributed by atoms with Crippen LogP contribution < -0.4 is 10.1 Å². The third-order valence-electron chi connectivity index (χ3n) is 3.07. The minimum atomic E-state index is -0.413. The maximum Gasteiger partial charge on any atom is 0.141 e. The van der Waals surface area contributed by atoms with E-state index in [-0.39, 0.29) is 5.02 Å². The maximum atomic E-state index is 13.1. The zero-order valence-electron chi connectivity index (χ0n) is 12.0. The van der Waals surface area contributed by atoms with Crippen LogP contribution in [0.5, 0.6) is 5.75 Å². The highest BCUT2D eigenvalue weighted by molar-refractivity contribution is 6.30. The average Bonchev–Trinajstić information content (AvgIpc) is 2.50. The summed E-state index contributed by atoms with van der Waals surface area (Å²) in [5.74, 6) is 0.374. The molecule has 0 radical (unpaired) electrons. The van der Waals surface area contributed by atoms with E-state index in [4.69, 9.17) is 16.3 Å². The van der Waals surface area contributed by atoms with Gasteiger partial charge in [-0.1, -0.05) is 36.7 Å². The Morgan fingerprint density at radius 2 is 1.81 bits per heavy atom. The highest BCUT2D eigenvalue weighted by atomic mass is 35.5. The van der Waals surface area contributed by atoms with Crippen molar-refractivity contribution in [3.63, 3.8) is 0 Å². The molecule has 0 unspecified atom stereocenters. The quantitative estimate of drug-likeness (QED) is 0.757. The van der Waals surface area contributed by atoms with Crippen molar-refractivity contribution in [2.75, 3.05) is 6.54 Å². The zero-order chi connectivity index (χ0) is 15.1. The van der Waals surface area contributed by atoms with Crippen LogP contribution in [0.1, 0.15) is 24.5 Å². The Balaban J connectivity index is 1.86. The fourth-order valence-corrected chi connectivity index (χ4v) is 2.11. The zero-order valence-corrected chi connectivity index (χ0v) is 12.8. The number of halogens is 2. The summed E-state index contributed by atoms with van der Waals surface area (Å²) in [6.07, 6.45) is 1.13. The summed E-state index contributed by atoms with van der Waals surface area (Å²) >= 11 is 5.74. The van der Waals surface area contributed by atoms with E-state index in [0.717, 1.165) is 30.8 Å². The van der Waals surface area contributed by atoms with Crippen LogP contribution in [0.3, 0.4) is 0 Å². The lowest BCUT2D eigenvalue weighted by Gasteiger charge is -2.08. The lowest BCUT2D eigenvalue weighted by atomic mass is 10.2. The molecule has 0 aromatic heterocycles. The van der Waals surface area contributed by atoms with Crippen molar-refractivity contribution < 1.29 is 9.13 Å². The average molecular weight is 308 g/mol. The molecular formula is C17H19ClFNO. The second-order valence-electron chi connectivity index (χ2n) is 4.86. The first-order valence-corrected chi connectivity index (χ1v) is 7.43. The van der Waals surface area contributed by atoms with Crippen LogP contribution in [0.4, 0.5) is 4.39 Å². The van der Waals surface area contributed by atoms with E-state index in [1.165, 1.54) is 11.6 Å². The van der Waals surface area contributed by atoms with Crippen LogP contribution in [0.15, 0.2) is 42.5 Å². The number of nitrogens with one attached hydrogen (secondary N) is 1. The fraction of sp³-hybridized carbons (Fsp3) is 0.294. The van der Waals surface area contributed by atoms with Gasteiger partial charge < -0.3 is 10.1 Å². The molecule has 0 saturated carbocycles. The minimum Gasteiger partial charge on any atom is -0.489 e. The molecule has 0 amide bonds. The van der Waals surface area contributed by atoms with Crippen LogP contribution >= 0.6 is 11.6 Å². The van der Waals surface area contributed by atoms with Gasteiger partial charge in [0.05, 0.1) is 5.02 Å². The second kappa shape index (κ2) is 8.01. The molecular weight excluding hydrogens is 289 g/mol. The van der Waals surface area contributed by atoms with Gasteiger partial charge in [-0.3, -0.25) is 0 Å². The van der Waals surface area contributed by atoms with Crippen molar-refractivity contribution in [1.82, 2.24) is 5.32 Å². The number of rotatable bonds is 7. The summed E-state index contributed by atoms with van der Waals surface area (Å²) in [7, 11) is 0. The normalized spacial score (nSPS) is 10.6. The molecule has 0 saturated heterocycles. The van der Waals surface area contributed by atoms with Crippen LogP contribution in [-0.2, 0) is 13.2 Å². The van der Waals surface area contributed by atoms with Crippen molar-refractivity contribution in [3.05, 3.63) is 64.4 Å². The van der Waals surface area contributed by atoms with E-state index in [2.05, 4.69) is 12.2 Å². The van der Waals surface area contributed by atoms with Crippen LogP contribution in [-0.4, -0.2) is 6.54 Å². The molecule has 21 heavy (non-hydrogen) atoms. The van der Waals surface area contributed by atoms with E-state index in [1.807, 2.05) is 24.3 Å². The van der Waals surface area contributed by atoms with Crippen molar-refractivity contribution in [3.8, 4) is 5.75 Å². The monoisotopic (exact) mass is 307 g/mol. The molecule has 0 aliphatic rings. The lowest BCUT2D eigenvalue weighted by molar-refractivity contribution is 0.306. The van der Waals surface area contributed by atoms with Gasteiger partial charge in [0.2, 0.25) is 0 Å². The van der Waals surface area contributed by atoms with Gasteiger partial charge in [-0.05, 0) is 48.4 Å². The van der Waals surface area contributed by atoms with E-state index < -0.39 is 5.82 Å². The first-order valence-electron chi connectivity index (χ1n) is 7.05. The van der Waals surface area contributed by atoms with Gasteiger partial charge >= 0.3 is 0 Å². The third-order valence-corrected chi connectivity index (χ3v) is 3.36. The van der Waals surface area contributed by atoms with Crippen molar-refractivity contribution in [2.24, 2.45) is 0 Å². The molecule has 0 aliphatic carbocycles. The largest absolute Gasteiger partial charge is 0.489 e.